The van der Waals surface area contributed by atoms with E-state index in [0.29, 0.717) is 6.42 Å². The molecule has 100 valence electrons. The van der Waals surface area contributed by atoms with E-state index in [-0.39, 0.29) is 6.10 Å². The van der Waals surface area contributed by atoms with E-state index in [0.717, 1.165) is 0 Å². The Morgan fingerprint density at radius 1 is 1.24 bits per heavy atom. The van der Waals surface area contributed by atoms with Gasteiger partial charge in [-0.25, -0.2) is 9.59 Å². The maximum atomic E-state index is 11.6. The number of hydrogen-bond acceptors (Lipinski definition) is 4. The summed E-state index contributed by atoms with van der Waals surface area (Å²) in [4.78, 5) is 23.1. The van der Waals surface area contributed by atoms with Gasteiger partial charge in [0.25, 0.3) is 0 Å². The Hall–Kier alpha value is -1.26. The van der Waals surface area contributed by atoms with Gasteiger partial charge in [0.05, 0.1) is 6.10 Å². The zero-order valence-electron chi connectivity index (χ0n) is 11.5. The van der Waals surface area contributed by atoms with Crippen LogP contribution in [0.5, 0.6) is 0 Å². The Kier molecular flexibility index (Phi) is 5.99. The first-order valence-electron chi connectivity index (χ1n) is 5.85. The number of amides is 1. The van der Waals surface area contributed by atoms with Crippen molar-refractivity contribution in [2.75, 3.05) is 0 Å². The molecule has 0 aromatic carbocycles. The highest BCUT2D eigenvalue weighted by Crippen LogP contribution is 2.07. The van der Waals surface area contributed by atoms with Crippen molar-refractivity contribution in [1.29, 1.82) is 0 Å². The fraction of sp³-hybridized carbons (Fsp3) is 0.833. The molecule has 1 unspecified atom stereocenters. The van der Waals surface area contributed by atoms with Crippen molar-refractivity contribution >= 4 is 12.1 Å². The van der Waals surface area contributed by atoms with E-state index in [1.807, 2.05) is 0 Å². The van der Waals surface area contributed by atoms with Gasteiger partial charge in [0.15, 0.2) is 0 Å². The molecule has 5 nitrogen and oxygen atoms in total. The summed E-state index contributed by atoms with van der Waals surface area (Å²) < 4.78 is 10.1. The van der Waals surface area contributed by atoms with Gasteiger partial charge in [0.1, 0.15) is 11.6 Å². The first-order chi connectivity index (χ1) is 7.65. The molecule has 0 fully saturated rings. The van der Waals surface area contributed by atoms with Gasteiger partial charge in [0.2, 0.25) is 0 Å². The molecule has 0 rings (SSSR count). The van der Waals surface area contributed by atoms with Gasteiger partial charge in [-0.2, -0.15) is 0 Å². The molecule has 0 aliphatic heterocycles. The van der Waals surface area contributed by atoms with Crippen LogP contribution in [0.4, 0.5) is 4.79 Å². The quantitative estimate of drug-likeness (QED) is 0.771. The van der Waals surface area contributed by atoms with Crippen molar-refractivity contribution in [3.05, 3.63) is 0 Å². The lowest BCUT2D eigenvalue weighted by molar-refractivity contribution is -0.150. The predicted octanol–water partition coefficient (Wildman–Crippen LogP) is 2.24. The molecule has 0 aromatic rings. The minimum absolute atomic E-state index is 0.197. The first kappa shape index (κ1) is 15.7. The van der Waals surface area contributed by atoms with Crippen LogP contribution < -0.4 is 5.32 Å². The lowest BCUT2D eigenvalue weighted by atomic mass is 10.2. The summed E-state index contributed by atoms with van der Waals surface area (Å²) in [6.07, 6.45) is -0.341. The molecule has 1 atom stereocenters. The van der Waals surface area contributed by atoms with Crippen LogP contribution in [0.15, 0.2) is 0 Å². The van der Waals surface area contributed by atoms with Gasteiger partial charge in [-0.15, -0.1) is 0 Å². The molecule has 17 heavy (non-hydrogen) atoms. The number of hydrogen-bond donors (Lipinski definition) is 1. The first-order valence-corrected chi connectivity index (χ1v) is 5.85. The van der Waals surface area contributed by atoms with Gasteiger partial charge < -0.3 is 14.8 Å². The number of alkyl carbamates (subject to hydrolysis) is 1. The fourth-order valence-corrected chi connectivity index (χ4v) is 1.09. The minimum Gasteiger partial charge on any atom is -0.461 e. The SMILES string of the molecule is CCC(NC(=O)OC(C)(C)C)C(=O)OC(C)C. The highest BCUT2D eigenvalue weighted by molar-refractivity contribution is 5.81. The highest BCUT2D eigenvalue weighted by Gasteiger charge is 2.24. The average Bonchev–Trinajstić information content (AvgIpc) is 2.09. The minimum atomic E-state index is -0.660. The molecule has 0 aliphatic carbocycles. The Bertz CT molecular complexity index is 268. The Morgan fingerprint density at radius 3 is 2.12 bits per heavy atom. The standard InChI is InChI=1S/C12H23NO4/c1-7-9(10(14)16-8(2)3)13-11(15)17-12(4,5)6/h8-9H,7H2,1-6H3,(H,13,15). The fourth-order valence-electron chi connectivity index (χ4n) is 1.09. The molecule has 0 aromatic heterocycles. The smallest absolute Gasteiger partial charge is 0.408 e. The molecule has 0 spiro atoms. The third-order valence-electron chi connectivity index (χ3n) is 1.74. The van der Waals surface area contributed by atoms with Crippen LogP contribution in [0.1, 0.15) is 48.0 Å². The van der Waals surface area contributed by atoms with E-state index >= 15 is 0 Å². The normalized spacial score (nSPS) is 13.1. The van der Waals surface area contributed by atoms with Gasteiger partial charge in [-0.05, 0) is 41.0 Å². The Morgan fingerprint density at radius 2 is 1.76 bits per heavy atom. The van der Waals surface area contributed by atoms with E-state index in [2.05, 4.69) is 5.32 Å². The van der Waals surface area contributed by atoms with Crippen LogP contribution in [0.25, 0.3) is 0 Å². The van der Waals surface area contributed by atoms with Crippen LogP contribution in [-0.4, -0.2) is 29.8 Å². The summed E-state index contributed by atoms with van der Waals surface area (Å²) in [7, 11) is 0. The molecule has 1 N–H and O–H groups in total. The van der Waals surface area contributed by atoms with E-state index in [4.69, 9.17) is 9.47 Å². The van der Waals surface area contributed by atoms with E-state index in [1.165, 1.54) is 0 Å². The van der Waals surface area contributed by atoms with Crippen molar-refractivity contribution in [3.63, 3.8) is 0 Å². The van der Waals surface area contributed by atoms with Crippen LogP contribution in [0.3, 0.4) is 0 Å². The van der Waals surface area contributed by atoms with E-state index in [9.17, 15) is 9.59 Å². The third kappa shape index (κ3) is 7.60. The summed E-state index contributed by atoms with van der Waals surface area (Å²) >= 11 is 0. The average molecular weight is 245 g/mol. The van der Waals surface area contributed by atoms with Gasteiger partial charge in [-0.1, -0.05) is 6.92 Å². The highest BCUT2D eigenvalue weighted by atomic mass is 16.6. The number of nitrogens with one attached hydrogen (secondary N) is 1. The van der Waals surface area contributed by atoms with Crippen molar-refractivity contribution in [1.82, 2.24) is 5.32 Å². The van der Waals surface area contributed by atoms with Gasteiger partial charge in [0, 0.05) is 0 Å². The third-order valence-corrected chi connectivity index (χ3v) is 1.74. The summed E-state index contributed by atoms with van der Waals surface area (Å²) in [5.41, 5.74) is -0.579. The van der Waals surface area contributed by atoms with Crippen molar-refractivity contribution in [3.8, 4) is 0 Å². The zero-order valence-corrected chi connectivity index (χ0v) is 11.5. The molecule has 0 heterocycles. The molecule has 0 saturated heterocycles. The van der Waals surface area contributed by atoms with Crippen molar-refractivity contribution in [2.45, 2.75) is 65.7 Å². The number of carbonyl (C=O) groups excluding carboxylic acids is 2. The Balaban J connectivity index is 4.31. The molecular weight excluding hydrogens is 222 g/mol. The van der Waals surface area contributed by atoms with Crippen LogP contribution in [-0.2, 0) is 14.3 Å². The molecular formula is C12H23NO4. The maximum Gasteiger partial charge on any atom is 0.408 e. The number of rotatable bonds is 4. The molecule has 0 saturated carbocycles. The number of ether oxygens (including phenoxy) is 2. The second-order valence-electron chi connectivity index (χ2n) is 5.09. The van der Waals surface area contributed by atoms with E-state index < -0.39 is 23.7 Å². The second-order valence-corrected chi connectivity index (χ2v) is 5.09. The van der Waals surface area contributed by atoms with Crippen molar-refractivity contribution in [2.24, 2.45) is 0 Å². The molecule has 0 aliphatic rings. The van der Waals surface area contributed by atoms with E-state index in [1.54, 1.807) is 41.5 Å². The Labute approximate surface area is 103 Å². The maximum absolute atomic E-state index is 11.6. The van der Waals surface area contributed by atoms with Crippen molar-refractivity contribution < 1.29 is 19.1 Å². The summed E-state index contributed by atoms with van der Waals surface area (Å²) in [5.74, 6) is -0.437. The lowest BCUT2D eigenvalue weighted by Gasteiger charge is -2.22. The molecule has 1 amide bonds. The summed E-state index contributed by atoms with van der Waals surface area (Å²) in [6, 6.07) is -0.660. The van der Waals surface area contributed by atoms with Gasteiger partial charge >= 0.3 is 12.1 Å². The molecule has 5 heteroatoms. The van der Waals surface area contributed by atoms with Gasteiger partial charge in [-0.3, -0.25) is 0 Å². The molecule has 0 bridgehead atoms. The second kappa shape index (κ2) is 6.47. The monoisotopic (exact) mass is 245 g/mol. The number of esters is 1. The zero-order chi connectivity index (χ0) is 13.6. The largest absolute Gasteiger partial charge is 0.461 e. The molecule has 0 radical (unpaired) electrons. The summed E-state index contributed by atoms with van der Waals surface area (Å²) in [6.45, 7) is 10.6. The topological polar surface area (TPSA) is 64.6 Å². The lowest BCUT2D eigenvalue weighted by Crippen LogP contribution is -2.44. The predicted molar refractivity (Wildman–Crippen MR) is 64.7 cm³/mol. The van der Waals surface area contributed by atoms with Crippen LogP contribution >= 0.6 is 0 Å². The van der Waals surface area contributed by atoms with Crippen LogP contribution in [0, 0.1) is 0 Å². The number of carbonyl (C=O) groups is 2. The van der Waals surface area contributed by atoms with Crippen LogP contribution in [0.2, 0.25) is 0 Å². The summed E-state index contributed by atoms with van der Waals surface area (Å²) in [5, 5.41) is 2.49.